The monoisotopic (exact) mass is 306 g/mol. The van der Waals surface area contributed by atoms with Crippen LogP contribution in [-0.4, -0.2) is 11.8 Å². The van der Waals surface area contributed by atoms with Crippen molar-refractivity contribution in [2.24, 2.45) is 5.92 Å². The summed E-state index contributed by atoms with van der Waals surface area (Å²) < 4.78 is 6.32. The molecule has 23 heavy (non-hydrogen) atoms. The summed E-state index contributed by atoms with van der Waals surface area (Å²) in [7, 11) is 0. The molecule has 3 heteroatoms. The molecular formula is C20H22N2O. The van der Waals surface area contributed by atoms with Crippen molar-refractivity contribution in [1.82, 2.24) is 5.32 Å². The van der Waals surface area contributed by atoms with Crippen LogP contribution in [0.15, 0.2) is 54.6 Å². The number of hydrogen-bond donors (Lipinski definition) is 2. The molecule has 2 aromatic rings. The van der Waals surface area contributed by atoms with Gasteiger partial charge in [0, 0.05) is 12.1 Å². The molecule has 4 atom stereocenters. The van der Waals surface area contributed by atoms with Crippen LogP contribution in [-0.2, 0) is 11.2 Å². The molecular weight excluding hydrogens is 284 g/mol. The lowest BCUT2D eigenvalue weighted by molar-refractivity contribution is -0.138. The molecule has 1 spiro atoms. The minimum atomic E-state index is -0.0317. The largest absolute Gasteiger partial charge is 0.367 e. The van der Waals surface area contributed by atoms with Crippen LogP contribution in [0.25, 0.3) is 0 Å². The maximum absolute atomic E-state index is 6.32. The van der Waals surface area contributed by atoms with E-state index in [1.807, 2.05) is 0 Å². The first-order valence-electron chi connectivity index (χ1n) is 8.67. The fourth-order valence-corrected chi connectivity index (χ4v) is 4.60. The summed E-state index contributed by atoms with van der Waals surface area (Å²) in [4.78, 5) is 0. The number of nitrogens with one attached hydrogen (secondary N) is 2. The highest BCUT2D eigenvalue weighted by Gasteiger charge is 2.51. The summed E-state index contributed by atoms with van der Waals surface area (Å²) in [5.74, 6) is 0.628. The van der Waals surface area contributed by atoms with E-state index in [4.69, 9.17) is 4.74 Å². The number of anilines is 1. The van der Waals surface area contributed by atoms with Gasteiger partial charge in [0.2, 0.25) is 0 Å². The quantitative estimate of drug-likeness (QED) is 0.840. The van der Waals surface area contributed by atoms with Crippen LogP contribution >= 0.6 is 0 Å². The summed E-state index contributed by atoms with van der Waals surface area (Å²) in [6.45, 7) is 0. The van der Waals surface area contributed by atoms with Crippen LogP contribution in [0.1, 0.15) is 36.6 Å². The van der Waals surface area contributed by atoms with Crippen molar-refractivity contribution in [2.75, 3.05) is 5.32 Å². The summed E-state index contributed by atoms with van der Waals surface area (Å²) >= 11 is 0. The van der Waals surface area contributed by atoms with E-state index in [1.54, 1.807) is 0 Å². The first-order valence-corrected chi connectivity index (χ1v) is 8.67. The van der Waals surface area contributed by atoms with Crippen molar-refractivity contribution >= 4 is 5.69 Å². The SMILES string of the molecule is c1ccc(C2NC34CC(CCC3Cc3ccccc3N4)O2)cc1. The zero-order chi connectivity index (χ0) is 15.3. The standard InChI is InChI=1S/C20H22N2O/c1-2-6-14(7-3-1)19-22-20-13-17(23-19)11-10-16(20)12-15-8-4-5-9-18(15)21-20/h1-9,16-17,19,21-22H,10-13H2. The molecule has 0 radical (unpaired) electrons. The molecule has 5 rings (SSSR count). The molecule has 1 aliphatic carbocycles. The fourth-order valence-electron chi connectivity index (χ4n) is 4.60. The van der Waals surface area contributed by atoms with Crippen LogP contribution in [0.2, 0.25) is 0 Å². The van der Waals surface area contributed by atoms with Crippen molar-refractivity contribution in [3.63, 3.8) is 0 Å². The molecule has 0 aromatic heterocycles. The third-order valence-electron chi connectivity index (χ3n) is 5.74. The molecule has 2 bridgehead atoms. The molecule has 118 valence electrons. The number of hydrogen-bond acceptors (Lipinski definition) is 3. The van der Waals surface area contributed by atoms with Gasteiger partial charge in [0.05, 0.1) is 11.8 Å². The third-order valence-corrected chi connectivity index (χ3v) is 5.74. The Morgan fingerprint density at radius 2 is 1.78 bits per heavy atom. The Morgan fingerprint density at radius 1 is 0.957 bits per heavy atom. The van der Waals surface area contributed by atoms with Gasteiger partial charge in [0.1, 0.15) is 6.23 Å². The van der Waals surface area contributed by atoms with E-state index in [-0.39, 0.29) is 11.9 Å². The minimum Gasteiger partial charge on any atom is -0.367 e. The number of rotatable bonds is 1. The van der Waals surface area contributed by atoms with Gasteiger partial charge in [-0.05, 0) is 42.4 Å². The van der Waals surface area contributed by atoms with Gasteiger partial charge in [-0.1, -0.05) is 48.5 Å². The molecule has 2 heterocycles. The number of benzene rings is 2. The highest BCUT2D eigenvalue weighted by molar-refractivity contribution is 5.56. The fraction of sp³-hybridized carbons (Fsp3) is 0.400. The van der Waals surface area contributed by atoms with Gasteiger partial charge in [-0.15, -0.1) is 0 Å². The lowest BCUT2D eigenvalue weighted by Crippen LogP contribution is -2.67. The second kappa shape index (κ2) is 5.08. The van der Waals surface area contributed by atoms with E-state index in [0.717, 1.165) is 12.8 Å². The zero-order valence-corrected chi connectivity index (χ0v) is 13.2. The van der Waals surface area contributed by atoms with Crippen LogP contribution in [0.5, 0.6) is 0 Å². The Hall–Kier alpha value is -1.84. The van der Waals surface area contributed by atoms with Crippen molar-refractivity contribution in [3.05, 3.63) is 65.7 Å². The van der Waals surface area contributed by atoms with Crippen molar-refractivity contribution in [3.8, 4) is 0 Å². The molecule has 1 saturated carbocycles. The predicted octanol–water partition coefficient (Wildman–Crippen LogP) is 3.84. The van der Waals surface area contributed by atoms with Crippen molar-refractivity contribution < 1.29 is 4.74 Å². The van der Waals surface area contributed by atoms with Gasteiger partial charge in [-0.3, -0.25) is 5.32 Å². The van der Waals surface area contributed by atoms with E-state index in [2.05, 4.69) is 65.2 Å². The number of fused-ring (bicyclic) bond motifs is 2. The zero-order valence-electron chi connectivity index (χ0n) is 13.2. The van der Waals surface area contributed by atoms with Crippen LogP contribution in [0.3, 0.4) is 0 Å². The van der Waals surface area contributed by atoms with Gasteiger partial charge in [-0.2, -0.15) is 0 Å². The second-order valence-electron chi connectivity index (χ2n) is 7.13. The van der Waals surface area contributed by atoms with Gasteiger partial charge in [0.15, 0.2) is 0 Å². The second-order valence-corrected chi connectivity index (χ2v) is 7.13. The Labute approximate surface area is 137 Å². The smallest absolute Gasteiger partial charge is 0.136 e. The third kappa shape index (κ3) is 2.19. The predicted molar refractivity (Wildman–Crippen MR) is 91.0 cm³/mol. The molecule has 2 aliphatic heterocycles. The van der Waals surface area contributed by atoms with Crippen molar-refractivity contribution in [1.29, 1.82) is 0 Å². The summed E-state index contributed by atoms with van der Waals surface area (Å²) in [5, 5.41) is 7.68. The summed E-state index contributed by atoms with van der Waals surface area (Å²) in [5.41, 5.74) is 3.92. The Bertz CT molecular complexity index is 717. The highest BCUT2D eigenvalue weighted by atomic mass is 16.5. The Kier molecular flexibility index (Phi) is 3.00. The molecule has 3 nitrogen and oxygen atoms in total. The van der Waals surface area contributed by atoms with Crippen LogP contribution < -0.4 is 10.6 Å². The lowest BCUT2D eigenvalue weighted by atomic mass is 9.71. The van der Waals surface area contributed by atoms with Gasteiger partial charge in [0.25, 0.3) is 0 Å². The lowest BCUT2D eigenvalue weighted by Gasteiger charge is -2.56. The van der Waals surface area contributed by atoms with Crippen LogP contribution in [0.4, 0.5) is 5.69 Å². The van der Waals surface area contributed by atoms with Gasteiger partial charge in [-0.25, -0.2) is 0 Å². The average Bonchev–Trinajstić information content (AvgIpc) is 2.60. The Balaban J connectivity index is 1.52. The molecule has 2 fully saturated rings. The maximum Gasteiger partial charge on any atom is 0.136 e. The minimum absolute atomic E-state index is 0.0180. The van der Waals surface area contributed by atoms with E-state index < -0.39 is 0 Å². The van der Waals surface area contributed by atoms with Gasteiger partial charge >= 0.3 is 0 Å². The molecule has 4 unspecified atom stereocenters. The normalized spacial score (nSPS) is 34.9. The van der Waals surface area contributed by atoms with E-state index in [1.165, 1.54) is 29.7 Å². The molecule has 2 aromatic carbocycles. The molecule has 3 aliphatic rings. The molecule has 2 N–H and O–H groups in total. The van der Waals surface area contributed by atoms with Crippen molar-refractivity contribution in [2.45, 2.75) is 43.7 Å². The molecule has 1 saturated heterocycles. The first-order chi connectivity index (χ1) is 11.3. The van der Waals surface area contributed by atoms with E-state index in [9.17, 15) is 0 Å². The number of para-hydroxylation sites is 1. The van der Waals surface area contributed by atoms with E-state index in [0.29, 0.717) is 12.0 Å². The van der Waals surface area contributed by atoms with Crippen LogP contribution in [0, 0.1) is 5.92 Å². The summed E-state index contributed by atoms with van der Waals surface area (Å²) in [6.07, 6.45) is 4.92. The highest BCUT2D eigenvalue weighted by Crippen LogP contribution is 2.47. The van der Waals surface area contributed by atoms with Gasteiger partial charge < -0.3 is 10.1 Å². The molecule has 0 amide bonds. The maximum atomic E-state index is 6.32. The Morgan fingerprint density at radius 3 is 2.70 bits per heavy atom. The topological polar surface area (TPSA) is 33.3 Å². The van der Waals surface area contributed by atoms with E-state index >= 15 is 0 Å². The first kappa shape index (κ1) is 13.6. The average molecular weight is 306 g/mol. The number of ether oxygens (including phenoxy) is 1. The summed E-state index contributed by atoms with van der Waals surface area (Å²) in [6, 6.07) is 19.3.